The van der Waals surface area contributed by atoms with Crippen molar-refractivity contribution < 1.29 is 0 Å². The zero-order valence-corrected chi connectivity index (χ0v) is 12.1. The molecule has 2 unspecified atom stereocenters. The highest BCUT2D eigenvalue weighted by atomic mass is 14.9. The first-order chi connectivity index (χ1) is 8.70. The Morgan fingerprint density at radius 3 is 2.72 bits per heavy atom. The van der Waals surface area contributed by atoms with Crippen molar-refractivity contribution in [2.75, 3.05) is 5.32 Å². The van der Waals surface area contributed by atoms with Gasteiger partial charge in [0.25, 0.3) is 0 Å². The monoisotopic (exact) mass is 245 g/mol. The minimum atomic E-state index is 0.597. The first-order valence-corrected chi connectivity index (χ1v) is 7.56. The molecule has 2 rings (SSSR count). The minimum absolute atomic E-state index is 0.597. The second kappa shape index (κ2) is 6.26. The van der Waals surface area contributed by atoms with E-state index in [0.29, 0.717) is 12.0 Å². The van der Waals surface area contributed by atoms with Gasteiger partial charge in [-0.15, -0.1) is 0 Å². The molecule has 1 N–H and O–H groups in total. The Bertz CT molecular complexity index is 370. The van der Waals surface area contributed by atoms with Crippen LogP contribution in [0.3, 0.4) is 0 Å². The third kappa shape index (κ3) is 3.28. The van der Waals surface area contributed by atoms with E-state index >= 15 is 0 Å². The molecule has 0 spiro atoms. The molecule has 1 nitrogen and oxygen atoms in total. The first kappa shape index (κ1) is 13.5. The van der Waals surface area contributed by atoms with E-state index in [4.69, 9.17) is 0 Å². The second-order valence-corrected chi connectivity index (χ2v) is 6.02. The molecule has 2 atom stereocenters. The predicted molar refractivity (Wildman–Crippen MR) is 80.2 cm³/mol. The summed E-state index contributed by atoms with van der Waals surface area (Å²) < 4.78 is 0. The van der Waals surface area contributed by atoms with Crippen LogP contribution in [0.5, 0.6) is 0 Å². The molecule has 1 saturated carbocycles. The van der Waals surface area contributed by atoms with Crippen molar-refractivity contribution >= 4 is 5.69 Å². The topological polar surface area (TPSA) is 12.0 Å². The Hall–Kier alpha value is -0.980. The Morgan fingerprint density at radius 1 is 1.22 bits per heavy atom. The van der Waals surface area contributed by atoms with Gasteiger partial charge in [-0.1, -0.05) is 58.2 Å². The van der Waals surface area contributed by atoms with Crippen molar-refractivity contribution in [2.45, 2.75) is 64.8 Å². The van der Waals surface area contributed by atoms with Crippen LogP contribution in [-0.4, -0.2) is 6.04 Å². The van der Waals surface area contributed by atoms with Gasteiger partial charge in [-0.05, 0) is 36.3 Å². The van der Waals surface area contributed by atoms with E-state index in [-0.39, 0.29) is 0 Å². The molecule has 0 bridgehead atoms. The third-order valence-electron chi connectivity index (χ3n) is 4.30. The van der Waals surface area contributed by atoms with Crippen LogP contribution < -0.4 is 5.32 Å². The Morgan fingerprint density at radius 2 is 2.00 bits per heavy atom. The summed E-state index contributed by atoms with van der Waals surface area (Å²) in [6.07, 6.45) is 6.84. The lowest BCUT2D eigenvalue weighted by molar-refractivity contribution is 0.327. The van der Waals surface area contributed by atoms with Crippen LogP contribution in [0.1, 0.15) is 64.4 Å². The van der Waals surface area contributed by atoms with E-state index in [2.05, 4.69) is 50.4 Å². The maximum atomic E-state index is 3.80. The zero-order chi connectivity index (χ0) is 13.0. The van der Waals surface area contributed by atoms with Crippen molar-refractivity contribution in [2.24, 2.45) is 5.92 Å². The van der Waals surface area contributed by atoms with Crippen LogP contribution in [0.25, 0.3) is 0 Å². The summed E-state index contributed by atoms with van der Waals surface area (Å²) in [6, 6.07) is 9.48. The molecule has 0 heterocycles. The molecule has 0 aliphatic heterocycles. The standard InChI is InChI=1S/C17H27N/c1-4-14-8-7-9-15(12-14)18-17-11-6-5-10-16(17)13(2)3/h5-6,10-11,13-15,18H,4,7-9,12H2,1-3H3. The molecular formula is C17H27N. The molecule has 0 saturated heterocycles. The Balaban J connectivity index is 2.04. The number of nitrogens with one attached hydrogen (secondary N) is 1. The molecule has 1 heteroatoms. The van der Waals surface area contributed by atoms with Gasteiger partial charge in [-0.3, -0.25) is 0 Å². The van der Waals surface area contributed by atoms with E-state index in [1.165, 1.54) is 43.4 Å². The van der Waals surface area contributed by atoms with Crippen LogP contribution >= 0.6 is 0 Å². The van der Waals surface area contributed by atoms with Crippen molar-refractivity contribution in [1.29, 1.82) is 0 Å². The summed E-state index contributed by atoms with van der Waals surface area (Å²) in [6.45, 7) is 6.88. The number of anilines is 1. The van der Waals surface area contributed by atoms with E-state index in [0.717, 1.165) is 5.92 Å². The van der Waals surface area contributed by atoms with E-state index in [9.17, 15) is 0 Å². The van der Waals surface area contributed by atoms with Gasteiger partial charge in [0.1, 0.15) is 0 Å². The number of hydrogen-bond donors (Lipinski definition) is 1. The van der Waals surface area contributed by atoms with Crippen LogP contribution in [0, 0.1) is 5.92 Å². The van der Waals surface area contributed by atoms with Crippen molar-refractivity contribution in [3.63, 3.8) is 0 Å². The summed E-state index contributed by atoms with van der Waals surface area (Å²) in [5, 5.41) is 3.80. The quantitative estimate of drug-likeness (QED) is 0.769. The van der Waals surface area contributed by atoms with Gasteiger partial charge < -0.3 is 5.32 Å². The smallest absolute Gasteiger partial charge is 0.0377 e. The van der Waals surface area contributed by atoms with Crippen molar-refractivity contribution in [1.82, 2.24) is 0 Å². The van der Waals surface area contributed by atoms with Crippen LogP contribution in [-0.2, 0) is 0 Å². The Labute approximate surface area is 112 Å². The number of benzene rings is 1. The van der Waals surface area contributed by atoms with Crippen molar-refractivity contribution in [3.8, 4) is 0 Å². The molecule has 1 aliphatic rings. The molecule has 100 valence electrons. The van der Waals surface area contributed by atoms with Gasteiger partial charge in [0, 0.05) is 11.7 Å². The van der Waals surface area contributed by atoms with Crippen LogP contribution in [0.2, 0.25) is 0 Å². The molecule has 1 fully saturated rings. The number of rotatable bonds is 4. The normalized spacial score (nSPS) is 24.2. The lowest BCUT2D eigenvalue weighted by Crippen LogP contribution is -2.27. The maximum absolute atomic E-state index is 3.80. The fourth-order valence-electron chi connectivity index (χ4n) is 3.14. The zero-order valence-electron chi connectivity index (χ0n) is 12.1. The van der Waals surface area contributed by atoms with E-state index < -0.39 is 0 Å². The van der Waals surface area contributed by atoms with Crippen molar-refractivity contribution in [3.05, 3.63) is 29.8 Å². The fourth-order valence-corrected chi connectivity index (χ4v) is 3.14. The largest absolute Gasteiger partial charge is 0.382 e. The summed E-state index contributed by atoms with van der Waals surface area (Å²) in [7, 11) is 0. The average molecular weight is 245 g/mol. The average Bonchev–Trinajstić information content (AvgIpc) is 2.39. The lowest BCUT2D eigenvalue weighted by Gasteiger charge is -2.30. The number of para-hydroxylation sites is 1. The predicted octanol–water partition coefficient (Wildman–Crippen LogP) is 5.19. The van der Waals surface area contributed by atoms with Gasteiger partial charge in [0.05, 0.1) is 0 Å². The van der Waals surface area contributed by atoms with Crippen LogP contribution in [0.4, 0.5) is 5.69 Å². The highest BCUT2D eigenvalue weighted by Gasteiger charge is 2.21. The maximum Gasteiger partial charge on any atom is 0.0377 e. The van der Waals surface area contributed by atoms with Gasteiger partial charge in [0.15, 0.2) is 0 Å². The highest BCUT2D eigenvalue weighted by molar-refractivity contribution is 5.53. The molecule has 0 radical (unpaired) electrons. The van der Waals surface area contributed by atoms with E-state index in [1.807, 2.05) is 0 Å². The SMILES string of the molecule is CCC1CCCC(Nc2ccccc2C(C)C)C1. The molecule has 1 aliphatic carbocycles. The second-order valence-electron chi connectivity index (χ2n) is 6.02. The molecule has 1 aromatic rings. The van der Waals surface area contributed by atoms with Gasteiger partial charge in [-0.2, -0.15) is 0 Å². The van der Waals surface area contributed by atoms with Crippen LogP contribution in [0.15, 0.2) is 24.3 Å². The summed E-state index contributed by atoms with van der Waals surface area (Å²) >= 11 is 0. The third-order valence-corrected chi connectivity index (χ3v) is 4.30. The van der Waals surface area contributed by atoms with Gasteiger partial charge in [0.2, 0.25) is 0 Å². The van der Waals surface area contributed by atoms with Gasteiger partial charge in [-0.25, -0.2) is 0 Å². The first-order valence-electron chi connectivity index (χ1n) is 7.56. The van der Waals surface area contributed by atoms with Gasteiger partial charge >= 0.3 is 0 Å². The molecule has 18 heavy (non-hydrogen) atoms. The number of hydrogen-bond acceptors (Lipinski definition) is 1. The summed E-state index contributed by atoms with van der Waals surface area (Å²) in [5.74, 6) is 1.53. The molecule has 1 aromatic carbocycles. The minimum Gasteiger partial charge on any atom is -0.382 e. The molecule has 0 aromatic heterocycles. The summed E-state index contributed by atoms with van der Waals surface area (Å²) in [4.78, 5) is 0. The molecular weight excluding hydrogens is 218 g/mol. The fraction of sp³-hybridized carbons (Fsp3) is 0.647. The molecule has 0 amide bonds. The lowest BCUT2D eigenvalue weighted by atomic mass is 9.84. The highest BCUT2D eigenvalue weighted by Crippen LogP contribution is 2.31. The Kier molecular flexibility index (Phi) is 4.68. The van der Waals surface area contributed by atoms with E-state index in [1.54, 1.807) is 0 Å². The summed E-state index contributed by atoms with van der Waals surface area (Å²) in [5.41, 5.74) is 2.81.